The Morgan fingerprint density at radius 2 is 2.04 bits per heavy atom. The number of nitrogens with zero attached hydrogens (tertiary/aromatic N) is 4. The van der Waals surface area contributed by atoms with Gasteiger partial charge in [-0.3, -0.25) is 0 Å². The van der Waals surface area contributed by atoms with Crippen LogP contribution in [0, 0.1) is 6.92 Å². The molecule has 0 aliphatic carbocycles. The van der Waals surface area contributed by atoms with E-state index >= 15 is 0 Å². The first kappa shape index (κ1) is 22.4. The van der Waals surface area contributed by atoms with E-state index in [1.165, 1.54) is 11.1 Å². The number of hydrazone groups is 1. The number of nitrogens with one attached hydrogen (secondary N) is 2. The summed E-state index contributed by atoms with van der Waals surface area (Å²) in [4.78, 5) is 11.7. The Labute approximate surface area is 177 Å². The molecule has 0 atom stereocenters. The van der Waals surface area contributed by atoms with Crippen LogP contribution in [0.25, 0.3) is 0 Å². The van der Waals surface area contributed by atoms with Gasteiger partial charge in [0.05, 0.1) is 25.1 Å². The minimum Gasteiger partial charge on any atom is -0.378 e. The second-order valence-corrected chi connectivity index (χ2v) is 6.61. The van der Waals surface area contributed by atoms with E-state index in [9.17, 15) is 0 Å². The lowest BCUT2D eigenvalue weighted by Gasteiger charge is -2.31. The fourth-order valence-electron chi connectivity index (χ4n) is 3.33. The van der Waals surface area contributed by atoms with Crippen molar-refractivity contribution < 1.29 is 4.74 Å². The third-order valence-electron chi connectivity index (χ3n) is 4.64. The molecule has 152 valence electrons. The second kappa shape index (κ2) is 10.6. The minimum absolute atomic E-state index is 0. The van der Waals surface area contributed by atoms with Gasteiger partial charge in [-0.2, -0.15) is 10.1 Å². The van der Waals surface area contributed by atoms with Crippen molar-refractivity contribution in [2.75, 3.05) is 43.2 Å². The van der Waals surface area contributed by atoms with Crippen molar-refractivity contribution in [2.45, 2.75) is 19.9 Å². The standard InChI is InChI=1S/C19H24N6O.2ClH/c1-14-3-2-4-15(11-14)12-21-24-19-22-17-5-6-20-13-16(17)18(23-19)25-7-9-26-10-8-25;;/h2-4,11-12,20H,5-10,13H2,1H3,(H,22,23,24);2*1H/b21-12+;;. The van der Waals surface area contributed by atoms with E-state index in [0.717, 1.165) is 62.9 Å². The van der Waals surface area contributed by atoms with Gasteiger partial charge in [-0.1, -0.05) is 29.8 Å². The normalized spacial score (nSPS) is 16.1. The quantitative estimate of drug-likeness (QED) is 0.580. The Morgan fingerprint density at radius 3 is 2.82 bits per heavy atom. The highest BCUT2D eigenvalue weighted by Gasteiger charge is 2.22. The van der Waals surface area contributed by atoms with Crippen LogP contribution in [0.4, 0.5) is 11.8 Å². The summed E-state index contributed by atoms with van der Waals surface area (Å²) in [7, 11) is 0. The number of hydrogen-bond donors (Lipinski definition) is 2. The number of anilines is 2. The largest absolute Gasteiger partial charge is 0.378 e. The number of morpholine rings is 1. The van der Waals surface area contributed by atoms with Crippen LogP contribution in [-0.4, -0.2) is 49.0 Å². The van der Waals surface area contributed by atoms with Crippen LogP contribution in [0.5, 0.6) is 0 Å². The van der Waals surface area contributed by atoms with Crippen molar-refractivity contribution in [1.29, 1.82) is 0 Å². The molecular formula is C19H26Cl2N6O. The molecule has 1 saturated heterocycles. The number of aromatic nitrogens is 2. The van der Waals surface area contributed by atoms with Crippen LogP contribution in [0.15, 0.2) is 29.4 Å². The molecule has 0 saturated carbocycles. The summed E-state index contributed by atoms with van der Waals surface area (Å²) in [5, 5.41) is 7.75. The molecule has 1 fully saturated rings. The third kappa shape index (κ3) is 5.32. The highest BCUT2D eigenvalue weighted by atomic mass is 35.5. The maximum atomic E-state index is 5.48. The van der Waals surface area contributed by atoms with E-state index in [-0.39, 0.29) is 24.8 Å². The highest BCUT2D eigenvalue weighted by molar-refractivity contribution is 5.85. The zero-order valence-corrected chi connectivity index (χ0v) is 17.5. The van der Waals surface area contributed by atoms with Crippen molar-refractivity contribution in [3.05, 3.63) is 46.6 Å². The Bertz CT molecular complexity index is 811. The average molecular weight is 425 g/mol. The number of aryl methyl sites for hydroxylation is 1. The molecule has 1 aromatic carbocycles. The molecule has 2 aromatic rings. The summed E-state index contributed by atoms with van der Waals surface area (Å²) in [5.41, 5.74) is 7.58. The summed E-state index contributed by atoms with van der Waals surface area (Å²) >= 11 is 0. The van der Waals surface area contributed by atoms with Gasteiger partial charge >= 0.3 is 0 Å². The van der Waals surface area contributed by atoms with Crippen LogP contribution in [0.2, 0.25) is 0 Å². The molecule has 7 nitrogen and oxygen atoms in total. The van der Waals surface area contributed by atoms with E-state index in [4.69, 9.17) is 9.72 Å². The molecule has 0 amide bonds. The maximum Gasteiger partial charge on any atom is 0.245 e. The molecule has 0 radical (unpaired) electrons. The average Bonchev–Trinajstić information content (AvgIpc) is 2.68. The molecule has 0 unspecified atom stereocenters. The first-order chi connectivity index (χ1) is 12.8. The Hall–Kier alpha value is -1.93. The van der Waals surface area contributed by atoms with E-state index in [2.05, 4.69) is 44.8 Å². The van der Waals surface area contributed by atoms with Crippen LogP contribution < -0.4 is 15.6 Å². The van der Waals surface area contributed by atoms with Gasteiger partial charge in [0.25, 0.3) is 0 Å². The van der Waals surface area contributed by atoms with Gasteiger partial charge in [-0.05, 0) is 12.5 Å². The summed E-state index contributed by atoms with van der Waals surface area (Å²) in [6.45, 7) is 7.01. The Balaban J connectivity index is 0.00000140. The van der Waals surface area contributed by atoms with Crippen molar-refractivity contribution >= 4 is 42.8 Å². The summed E-state index contributed by atoms with van der Waals surface area (Å²) in [6.07, 6.45) is 2.71. The summed E-state index contributed by atoms with van der Waals surface area (Å²) < 4.78 is 5.48. The van der Waals surface area contributed by atoms with Crippen LogP contribution in [-0.2, 0) is 17.7 Å². The first-order valence-electron chi connectivity index (χ1n) is 9.08. The predicted octanol–water partition coefficient (Wildman–Crippen LogP) is 2.56. The van der Waals surface area contributed by atoms with E-state index in [1.54, 1.807) is 6.21 Å². The van der Waals surface area contributed by atoms with Crippen LogP contribution in [0.3, 0.4) is 0 Å². The number of fused-ring (bicyclic) bond motifs is 1. The van der Waals surface area contributed by atoms with Gasteiger partial charge < -0.3 is 15.0 Å². The summed E-state index contributed by atoms with van der Waals surface area (Å²) in [5.74, 6) is 1.55. The topological polar surface area (TPSA) is 74.7 Å². The van der Waals surface area contributed by atoms with Crippen molar-refractivity contribution in [3.8, 4) is 0 Å². The Kier molecular flexibility index (Phi) is 8.44. The number of ether oxygens (including phenoxy) is 1. The zero-order valence-electron chi connectivity index (χ0n) is 15.9. The monoisotopic (exact) mass is 424 g/mol. The molecule has 2 N–H and O–H groups in total. The van der Waals surface area contributed by atoms with Crippen molar-refractivity contribution in [3.63, 3.8) is 0 Å². The van der Waals surface area contributed by atoms with E-state index < -0.39 is 0 Å². The molecule has 9 heteroatoms. The van der Waals surface area contributed by atoms with Crippen LogP contribution in [0.1, 0.15) is 22.4 Å². The number of rotatable bonds is 4. The zero-order chi connectivity index (χ0) is 17.8. The molecular weight excluding hydrogens is 399 g/mol. The van der Waals surface area contributed by atoms with Crippen molar-refractivity contribution in [1.82, 2.24) is 15.3 Å². The lowest BCUT2D eigenvalue weighted by atomic mass is 10.1. The van der Waals surface area contributed by atoms with Gasteiger partial charge in [-0.15, -0.1) is 24.8 Å². The predicted molar refractivity (Wildman–Crippen MR) is 117 cm³/mol. The van der Waals surface area contributed by atoms with Gasteiger partial charge in [0, 0.05) is 38.2 Å². The molecule has 4 rings (SSSR count). The van der Waals surface area contributed by atoms with Gasteiger partial charge in [0.2, 0.25) is 5.95 Å². The van der Waals surface area contributed by atoms with E-state index in [0.29, 0.717) is 5.95 Å². The fraction of sp³-hybridized carbons (Fsp3) is 0.421. The van der Waals surface area contributed by atoms with Gasteiger partial charge in [-0.25, -0.2) is 10.4 Å². The van der Waals surface area contributed by atoms with E-state index in [1.807, 2.05) is 12.1 Å². The summed E-state index contributed by atoms with van der Waals surface area (Å²) in [6, 6.07) is 8.20. The lowest BCUT2D eigenvalue weighted by molar-refractivity contribution is 0.122. The number of benzene rings is 1. The molecule has 1 aromatic heterocycles. The molecule has 3 heterocycles. The molecule has 0 spiro atoms. The van der Waals surface area contributed by atoms with Gasteiger partial charge in [0.1, 0.15) is 5.82 Å². The van der Waals surface area contributed by atoms with Crippen LogP contribution >= 0.6 is 24.8 Å². The molecule has 2 aliphatic rings. The fourth-order valence-corrected chi connectivity index (χ4v) is 3.33. The molecule has 28 heavy (non-hydrogen) atoms. The SMILES string of the molecule is Cc1cccc(/C=N/Nc2nc3c(c(N4CCOCC4)n2)CNCC3)c1.Cl.Cl. The highest BCUT2D eigenvalue weighted by Crippen LogP contribution is 2.25. The smallest absolute Gasteiger partial charge is 0.245 e. The second-order valence-electron chi connectivity index (χ2n) is 6.61. The lowest BCUT2D eigenvalue weighted by Crippen LogP contribution is -2.39. The first-order valence-corrected chi connectivity index (χ1v) is 9.08. The maximum absolute atomic E-state index is 5.48. The number of halogens is 2. The number of hydrogen-bond acceptors (Lipinski definition) is 7. The van der Waals surface area contributed by atoms with Gasteiger partial charge in [0.15, 0.2) is 0 Å². The van der Waals surface area contributed by atoms with Crippen molar-refractivity contribution in [2.24, 2.45) is 5.10 Å². The third-order valence-corrected chi connectivity index (χ3v) is 4.64. The molecule has 0 bridgehead atoms. The minimum atomic E-state index is 0. The Morgan fingerprint density at radius 1 is 1.21 bits per heavy atom. The molecule has 2 aliphatic heterocycles.